The van der Waals surface area contributed by atoms with Crippen molar-refractivity contribution in [2.24, 2.45) is 15.5 Å². The zero-order valence-corrected chi connectivity index (χ0v) is 21.6. The normalized spacial score (nSPS) is 14.8. The van der Waals surface area contributed by atoms with Crippen LogP contribution < -0.4 is 20.3 Å². The first kappa shape index (κ1) is 26.5. The summed E-state index contributed by atoms with van der Waals surface area (Å²) in [4.78, 5) is 17.4. The number of fused-ring (bicyclic) bond motifs is 2. The Labute approximate surface area is 213 Å². The molecule has 5 N–H and O–H groups in total. The highest BCUT2D eigenvalue weighted by molar-refractivity contribution is 7.91. The fourth-order valence-electron chi connectivity index (χ4n) is 3.98. The third-order valence-corrected chi connectivity index (χ3v) is 8.09. The molecule has 0 unspecified atom stereocenters. The molecule has 1 aromatic carbocycles. The van der Waals surface area contributed by atoms with Crippen molar-refractivity contribution in [2.75, 3.05) is 22.8 Å². The minimum Gasteiger partial charge on any atom is -0.506 e. The number of nitrogens with one attached hydrogen (secondary N) is 1. The van der Waals surface area contributed by atoms with Crippen molar-refractivity contribution in [1.29, 1.82) is 0 Å². The molecule has 3 aromatic rings. The minimum absolute atomic E-state index is 0.00549. The van der Waals surface area contributed by atoms with Crippen molar-refractivity contribution in [3.05, 3.63) is 52.4 Å². The second kappa shape index (κ2) is 9.74. The quantitative estimate of drug-likeness (QED) is 0.312. The topological polar surface area (TPSA) is 197 Å². The molecule has 4 rings (SSSR count). The van der Waals surface area contributed by atoms with Crippen LogP contribution in [0.4, 0.5) is 11.4 Å². The molecule has 0 fully saturated rings. The monoisotopic (exact) mass is 550 g/mol. The molecule has 1 aliphatic heterocycles. The molecule has 0 aliphatic carbocycles. The minimum atomic E-state index is -4.46. The summed E-state index contributed by atoms with van der Waals surface area (Å²) in [6.45, 7) is 3.31. The zero-order chi connectivity index (χ0) is 27.1. The highest BCUT2D eigenvalue weighted by Gasteiger charge is 2.31. The zero-order valence-electron chi connectivity index (χ0n) is 20.0. The number of aromatic nitrogens is 2. The SMILES string of the molecule is CC(C)CCn1c(=O)c(C2=NS(=O)(=O)c3cc(N(CCO)S(N)(=O)=O)ccc3N2)c(O)c2cccnc21. The summed E-state index contributed by atoms with van der Waals surface area (Å²) in [5.41, 5.74) is -0.852. The smallest absolute Gasteiger partial charge is 0.299 e. The van der Waals surface area contributed by atoms with E-state index >= 15 is 0 Å². The Balaban J connectivity index is 1.88. The molecule has 3 heterocycles. The van der Waals surface area contributed by atoms with E-state index in [0.29, 0.717) is 10.7 Å². The van der Waals surface area contributed by atoms with E-state index in [2.05, 4.69) is 14.7 Å². The molecule has 2 aromatic heterocycles. The second-order valence-electron chi connectivity index (χ2n) is 8.80. The summed E-state index contributed by atoms with van der Waals surface area (Å²) in [6, 6.07) is 6.76. The van der Waals surface area contributed by atoms with E-state index < -0.39 is 44.7 Å². The fourth-order valence-corrected chi connectivity index (χ4v) is 5.86. The molecule has 0 saturated heterocycles. The van der Waals surface area contributed by atoms with Crippen LogP contribution in [-0.2, 0) is 26.8 Å². The molecule has 0 amide bonds. The van der Waals surface area contributed by atoms with E-state index in [1.807, 2.05) is 13.8 Å². The van der Waals surface area contributed by atoms with Gasteiger partial charge >= 0.3 is 0 Å². The Kier molecular flexibility index (Phi) is 6.98. The van der Waals surface area contributed by atoms with Crippen molar-refractivity contribution < 1.29 is 27.0 Å². The second-order valence-corrected chi connectivity index (χ2v) is 11.8. The summed E-state index contributed by atoms with van der Waals surface area (Å²) >= 11 is 0. The Morgan fingerprint density at radius 1 is 1.24 bits per heavy atom. The number of amidine groups is 1. The van der Waals surface area contributed by atoms with Crippen LogP contribution in [0.3, 0.4) is 0 Å². The van der Waals surface area contributed by atoms with Gasteiger partial charge in [-0.05, 0) is 42.7 Å². The summed E-state index contributed by atoms with van der Waals surface area (Å²) in [6.07, 6.45) is 2.12. The van der Waals surface area contributed by atoms with Gasteiger partial charge in [0.2, 0.25) is 0 Å². The van der Waals surface area contributed by atoms with Crippen molar-refractivity contribution in [1.82, 2.24) is 9.55 Å². The average Bonchev–Trinajstić information content (AvgIpc) is 2.81. The molecule has 37 heavy (non-hydrogen) atoms. The van der Waals surface area contributed by atoms with Gasteiger partial charge in [0.1, 0.15) is 21.9 Å². The van der Waals surface area contributed by atoms with Gasteiger partial charge in [-0.1, -0.05) is 13.8 Å². The summed E-state index contributed by atoms with van der Waals surface area (Å²) in [5.74, 6) is -0.596. The molecule has 0 saturated carbocycles. The van der Waals surface area contributed by atoms with Gasteiger partial charge in [-0.3, -0.25) is 13.7 Å². The van der Waals surface area contributed by atoms with Crippen molar-refractivity contribution in [2.45, 2.75) is 31.7 Å². The van der Waals surface area contributed by atoms with E-state index in [0.717, 1.165) is 6.07 Å². The molecule has 0 bridgehead atoms. The molecule has 15 heteroatoms. The number of benzene rings is 1. The van der Waals surface area contributed by atoms with Crippen molar-refractivity contribution in [3.8, 4) is 5.75 Å². The summed E-state index contributed by atoms with van der Waals surface area (Å²) < 4.78 is 55.9. The number of nitrogens with zero attached hydrogens (tertiary/aromatic N) is 4. The molecule has 13 nitrogen and oxygen atoms in total. The number of anilines is 2. The number of nitrogens with two attached hydrogens (primary N) is 1. The van der Waals surface area contributed by atoms with Crippen LogP contribution in [-0.4, -0.2) is 55.6 Å². The number of pyridine rings is 2. The number of aryl methyl sites for hydroxylation is 1. The van der Waals surface area contributed by atoms with Gasteiger partial charge in [0.25, 0.3) is 25.8 Å². The van der Waals surface area contributed by atoms with Crippen molar-refractivity contribution >= 4 is 48.5 Å². The van der Waals surface area contributed by atoms with E-state index in [4.69, 9.17) is 5.14 Å². The van der Waals surface area contributed by atoms with Crippen LogP contribution in [0, 0.1) is 5.92 Å². The Morgan fingerprint density at radius 2 is 1.97 bits per heavy atom. The van der Waals surface area contributed by atoms with Gasteiger partial charge in [-0.15, -0.1) is 4.40 Å². The molecular weight excluding hydrogens is 524 g/mol. The fraction of sp³-hybridized carbons (Fsp3) is 0.318. The lowest BCUT2D eigenvalue weighted by Gasteiger charge is -2.24. The lowest BCUT2D eigenvalue weighted by Crippen LogP contribution is -2.39. The van der Waals surface area contributed by atoms with Crippen LogP contribution >= 0.6 is 0 Å². The standard InChI is InChI=1S/C22H26N6O7S2/c1-13(2)7-9-27-21-15(4-3-8-24-21)19(30)18(22(27)31)20-25-16-6-5-14(12-17(16)36(32,33)26-20)28(10-11-29)37(23,34)35/h3-6,8,12-13,29-30H,7,9-11H2,1-2H3,(H,25,26)(H2,23,34,35). The van der Waals surface area contributed by atoms with Crippen LogP contribution in [0.2, 0.25) is 0 Å². The van der Waals surface area contributed by atoms with Crippen LogP contribution in [0.25, 0.3) is 11.0 Å². The summed E-state index contributed by atoms with van der Waals surface area (Å²) in [7, 11) is -8.76. The number of hydrogen-bond donors (Lipinski definition) is 4. The number of aliphatic hydroxyl groups is 1. The molecule has 198 valence electrons. The van der Waals surface area contributed by atoms with Crippen LogP contribution in [0.5, 0.6) is 5.75 Å². The van der Waals surface area contributed by atoms with Gasteiger partial charge in [0.15, 0.2) is 5.84 Å². The first-order valence-electron chi connectivity index (χ1n) is 11.2. The Hall–Kier alpha value is -3.53. The number of aromatic hydroxyl groups is 1. The molecule has 1 aliphatic rings. The van der Waals surface area contributed by atoms with Gasteiger partial charge in [-0.2, -0.15) is 16.8 Å². The van der Waals surface area contributed by atoms with E-state index in [9.17, 15) is 31.8 Å². The predicted molar refractivity (Wildman–Crippen MR) is 138 cm³/mol. The number of sulfonamides is 1. The van der Waals surface area contributed by atoms with Gasteiger partial charge in [0, 0.05) is 12.7 Å². The van der Waals surface area contributed by atoms with Gasteiger partial charge in [-0.25, -0.2) is 10.1 Å². The van der Waals surface area contributed by atoms with Crippen molar-refractivity contribution in [3.63, 3.8) is 0 Å². The third-order valence-electron chi connectivity index (χ3n) is 5.77. The number of hydrogen-bond acceptors (Lipinski definition) is 9. The highest BCUT2D eigenvalue weighted by atomic mass is 32.2. The first-order valence-corrected chi connectivity index (χ1v) is 14.2. The number of aliphatic hydroxyl groups excluding tert-OH is 1. The van der Waals surface area contributed by atoms with Crippen LogP contribution in [0.1, 0.15) is 25.8 Å². The Bertz CT molecular complexity index is 1680. The van der Waals surface area contributed by atoms with E-state index in [1.165, 1.54) is 22.9 Å². The van der Waals surface area contributed by atoms with Gasteiger partial charge < -0.3 is 15.5 Å². The van der Waals surface area contributed by atoms with Gasteiger partial charge in [0.05, 0.1) is 29.9 Å². The first-order chi connectivity index (χ1) is 17.3. The maximum Gasteiger partial charge on any atom is 0.299 e. The lowest BCUT2D eigenvalue weighted by molar-refractivity contribution is 0.306. The predicted octanol–water partition coefficient (Wildman–Crippen LogP) is 0.711. The number of rotatable bonds is 8. The largest absolute Gasteiger partial charge is 0.506 e. The Morgan fingerprint density at radius 3 is 2.62 bits per heavy atom. The van der Waals surface area contributed by atoms with E-state index in [-0.39, 0.29) is 51.2 Å². The summed E-state index contributed by atoms with van der Waals surface area (Å²) in [5, 5.41) is 28.4. The van der Waals surface area contributed by atoms with E-state index in [1.54, 1.807) is 12.1 Å². The molecule has 0 radical (unpaired) electrons. The maximum absolute atomic E-state index is 13.5. The molecule has 0 spiro atoms. The van der Waals surface area contributed by atoms with Crippen LogP contribution in [0.15, 0.2) is 50.6 Å². The molecule has 0 atom stereocenters. The maximum atomic E-state index is 13.5. The average molecular weight is 551 g/mol. The highest BCUT2D eigenvalue weighted by Crippen LogP contribution is 2.34. The lowest BCUT2D eigenvalue weighted by atomic mass is 10.1. The third kappa shape index (κ3) is 5.02. The molecular formula is C22H26N6O7S2.